The van der Waals surface area contributed by atoms with Crippen LogP contribution in [0, 0.1) is 11.7 Å². The van der Waals surface area contributed by atoms with Crippen LogP contribution in [-0.4, -0.2) is 24.3 Å². The highest BCUT2D eigenvalue weighted by molar-refractivity contribution is 5.88. The predicted octanol–water partition coefficient (Wildman–Crippen LogP) is 2.84. The van der Waals surface area contributed by atoms with Gasteiger partial charge < -0.3 is 10.2 Å². The second kappa shape index (κ2) is 7.73. The molecule has 0 spiro atoms. The Hall–Kier alpha value is -2.17. The number of benzene rings is 1. The van der Waals surface area contributed by atoms with Crippen molar-refractivity contribution in [3.8, 4) is 0 Å². The molecule has 0 fully saturated rings. The molecule has 0 radical (unpaired) electrons. The fourth-order valence-electron chi connectivity index (χ4n) is 2.09. The van der Waals surface area contributed by atoms with Crippen LogP contribution in [0.5, 0.6) is 0 Å². The van der Waals surface area contributed by atoms with Crippen LogP contribution in [0.1, 0.15) is 25.8 Å². The van der Waals surface area contributed by atoms with E-state index in [0.29, 0.717) is 25.3 Å². The molecule has 1 N–H and O–H groups in total. The van der Waals surface area contributed by atoms with Gasteiger partial charge in [-0.25, -0.2) is 4.39 Å². The summed E-state index contributed by atoms with van der Waals surface area (Å²) >= 11 is 0. The molecule has 1 aromatic carbocycles. The molecular weight excluding hydrogens is 283 g/mol. The Labute approximate surface area is 130 Å². The van der Waals surface area contributed by atoms with Gasteiger partial charge in [0.25, 0.3) is 0 Å². The number of oxime groups is 1. The van der Waals surface area contributed by atoms with E-state index in [1.165, 1.54) is 12.1 Å². The Balaban J connectivity index is 1.73. The minimum Gasteiger partial charge on any atom is -0.390 e. The monoisotopic (exact) mass is 304 g/mol. The third-order valence-electron chi connectivity index (χ3n) is 3.25. The normalized spacial score (nSPS) is 17.6. The third kappa shape index (κ3) is 5.31. The van der Waals surface area contributed by atoms with E-state index in [-0.39, 0.29) is 17.8 Å². The highest BCUT2D eigenvalue weighted by Crippen LogP contribution is 2.14. The molecule has 5 heteroatoms. The summed E-state index contributed by atoms with van der Waals surface area (Å²) in [7, 11) is 0. The van der Waals surface area contributed by atoms with Crippen LogP contribution < -0.4 is 5.32 Å². The number of nitrogens with one attached hydrogen (secondary N) is 1. The molecule has 22 heavy (non-hydrogen) atoms. The summed E-state index contributed by atoms with van der Waals surface area (Å²) < 4.78 is 12.9. The number of carbonyl (C=O) groups excluding carboxylic acids is 1. The zero-order chi connectivity index (χ0) is 15.9. The summed E-state index contributed by atoms with van der Waals surface area (Å²) in [5, 5.41) is 6.84. The van der Waals surface area contributed by atoms with E-state index in [4.69, 9.17) is 4.84 Å². The van der Waals surface area contributed by atoms with Crippen LogP contribution in [0.4, 0.5) is 4.39 Å². The van der Waals surface area contributed by atoms with E-state index in [0.717, 1.165) is 11.3 Å². The van der Waals surface area contributed by atoms with Gasteiger partial charge in [0, 0.05) is 12.8 Å². The molecule has 1 aliphatic rings. The highest BCUT2D eigenvalue weighted by atomic mass is 19.1. The third-order valence-corrected chi connectivity index (χ3v) is 3.25. The van der Waals surface area contributed by atoms with Crippen molar-refractivity contribution in [1.29, 1.82) is 0 Å². The van der Waals surface area contributed by atoms with Gasteiger partial charge in [0.1, 0.15) is 11.9 Å². The van der Waals surface area contributed by atoms with Gasteiger partial charge in [0.05, 0.1) is 12.3 Å². The van der Waals surface area contributed by atoms with Gasteiger partial charge in [0.15, 0.2) is 0 Å². The second-order valence-corrected chi connectivity index (χ2v) is 5.74. The van der Waals surface area contributed by atoms with Crippen molar-refractivity contribution >= 4 is 11.6 Å². The van der Waals surface area contributed by atoms with E-state index >= 15 is 0 Å². The van der Waals surface area contributed by atoms with E-state index in [2.05, 4.69) is 10.5 Å². The first kappa shape index (κ1) is 16.2. The van der Waals surface area contributed by atoms with Crippen molar-refractivity contribution < 1.29 is 14.0 Å². The average Bonchev–Trinajstić information content (AvgIpc) is 2.93. The lowest BCUT2D eigenvalue weighted by molar-refractivity contribution is -0.117. The lowest BCUT2D eigenvalue weighted by atomic mass is 10.0. The number of allylic oxidation sites excluding steroid dienone is 1. The molecular formula is C17H21FN2O2. The summed E-state index contributed by atoms with van der Waals surface area (Å²) in [6.07, 6.45) is 4.57. The smallest absolute Gasteiger partial charge is 0.243 e. The summed E-state index contributed by atoms with van der Waals surface area (Å²) in [4.78, 5) is 16.9. The maximum Gasteiger partial charge on any atom is 0.243 e. The van der Waals surface area contributed by atoms with Crippen LogP contribution in [0.2, 0.25) is 0 Å². The molecule has 1 amide bonds. The number of halogens is 1. The molecule has 118 valence electrons. The first-order valence-electron chi connectivity index (χ1n) is 7.45. The Bertz CT molecular complexity index is 565. The second-order valence-electron chi connectivity index (χ2n) is 5.74. The first-order chi connectivity index (χ1) is 10.5. The molecule has 0 saturated heterocycles. The standard InChI is InChI=1S/C17H21FN2O2/c1-12(2)3-8-17(21)19-11-16-10-15(20-22-16)9-13-4-6-14(18)7-5-13/h3-8,12,16H,9-11H2,1-2H3,(H,19,21). The summed E-state index contributed by atoms with van der Waals surface area (Å²) in [6, 6.07) is 6.35. The van der Waals surface area contributed by atoms with Gasteiger partial charge in [-0.2, -0.15) is 0 Å². The van der Waals surface area contributed by atoms with Crippen molar-refractivity contribution in [3.63, 3.8) is 0 Å². The van der Waals surface area contributed by atoms with E-state index in [1.54, 1.807) is 18.2 Å². The quantitative estimate of drug-likeness (QED) is 0.822. The predicted molar refractivity (Wildman–Crippen MR) is 84.0 cm³/mol. The molecule has 0 saturated carbocycles. The largest absolute Gasteiger partial charge is 0.390 e. The Morgan fingerprint density at radius 1 is 1.45 bits per heavy atom. The maximum absolute atomic E-state index is 12.9. The number of carbonyl (C=O) groups is 1. The molecule has 1 heterocycles. The van der Waals surface area contributed by atoms with Gasteiger partial charge in [-0.3, -0.25) is 4.79 Å². The number of hydrogen-bond donors (Lipinski definition) is 1. The number of rotatable bonds is 6. The van der Waals surface area contributed by atoms with Gasteiger partial charge in [-0.1, -0.05) is 37.2 Å². The lowest BCUT2D eigenvalue weighted by Gasteiger charge is -2.08. The minimum atomic E-state index is -0.247. The van der Waals surface area contributed by atoms with Gasteiger partial charge in [0.2, 0.25) is 5.91 Å². The van der Waals surface area contributed by atoms with Crippen molar-refractivity contribution in [1.82, 2.24) is 5.32 Å². The van der Waals surface area contributed by atoms with Crippen LogP contribution in [-0.2, 0) is 16.1 Å². The van der Waals surface area contributed by atoms with Crippen LogP contribution in [0.25, 0.3) is 0 Å². The number of hydrogen-bond acceptors (Lipinski definition) is 3. The van der Waals surface area contributed by atoms with Crippen molar-refractivity contribution in [2.75, 3.05) is 6.54 Å². The molecule has 1 unspecified atom stereocenters. The maximum atomic E-state index is 12.9. The van der Waals surface area contributed by atoms with Gasteiger partial charge >= 0.3 is 0 Å². The summed E-state index contributed by atoms with van der Waals surface area (Å²) in [5.74, 6) is -0.0215. The topological polar surface area (TPSA) is 50.7 Å². The van der Waals surface area contributed by atoms with Crippen molar-refractivity contribution in [2.24, 2.45) is 11.1 Å². The molecule has 2 rings (SSSR count). The van der Waals surface area contributed by atoms with E-state index < -0.39 is 0 Å². The SMILES string of the molecule is CC(C)C=CC(=O)NCC1CC(Cc2ccc(F)cc2)=NO1. The Morgan fingerprint density at radius 2 is 2.18 bits per heavy atom. The van der Waals surface area contributed by atoms with Gasteiger partial charge in [-0.05, 0) is 29.7 Å². The molecule has 1 aliphatic heterocycles. The first-order valence-corrected chi connectivity index (χ1v) is 7.45. The number of nitrogens with zero attached hydrogens (tertiary/aromatic N) is 1. The van der Waals surface area contributed by atoms with E-state index in [1.807, 2.05) is 19.9 Å². The number of amides is 1. The molecule has 0 aliphatic carbocycles. The zero-order valence-electron chi connectivity index (χ0n) is 12.9. The Kier molecular flexibility index (Phi) is 5.69. The molecule has 0 bridgehead atoms. The average molecular weight is 304 g/mol. The molecule has 4 nitrogen and oxygen atoms in total. The minimum absolute atomic E-state index is 0.121. The van der Waals surface area contributed by atoms with Crippen LogP contribution in [0.15, 0.2) is 41.6 Å². The molecule has 1 atom stereocenters. The van der Waals surface area contributed by atoms with Gasteiger partial charge in [-0.15, -0.1) is 0 Å². The summed E-state index contributed by atoms with van der Waals surface area (Å²) in [6.45, 7) is 4.45. The zero-order valence-corrected chi connectivity index (χ0v) is 12.9. The fourth-order valence-corrected chi connectivity index (χ4v) is 2.09. The van der Waals surface area contributed by atoms with Crippen LogP contribution in [0.3, 0.4) is 0 Å². The summed E-state index contributed by atoms with van der Waals surface area (Å²) in [5.41, 5.74) is 1.90. The van der Waals surface area contributed by atoms with Crippen molar-refractivity contribution in [2.45, 2.75) is 32.8 Å². The molecule has 1 aromatic rings. The Morgan fingerprint density at radius 3 is 2.86 bits per heavy atom. The van der Waals surface area contributed by atoms with Crippen LogP contribution >= 0.6 is 0 Å². The van der Waals surface area contributed by atoms with Crippen molar-refractivity contribution in [3.05, 3.63) is 47.8 Å². The fraction of sp³-hybridized carbons (Fsp3) is 0.412. The lowest BCUT2D eigenvalue weighted by Crippen LogP contribution is -2.31. The van der Waals surface area contributed by atoms with E-state index in [9.17, 15) is 9.18 Å². The molecule has 0 aromatic heterocycles. The highest BCUT2D eigenvalue weighted by Gasteiger charge is 2.21.